The SMILES string of the molecule is Cl.Cl.[O]=[Os]. The van der Waals surface area contributed by atoms with E-state index in [0.717, 1.165) is 0 Å². The van der Waals surface area contributed by atoms with Crippen molar-refractivity contribution in [2.75, 3.05) is 0 Å². The monoisotopic (exact) mass is 280 g/mol. The standard InChI is InChI=1S/2ClH.O.Os/h2*1H;;. The Morgan fingerprint density at radius 3 is 1.00 bits per heavy atom. The van der Waals surface area contributed by atoms with Crippen LogP contribution in [-0.4, -0.2) is 0 Å². The summed E-state index contributed by atoms with van der Waals surface area (Å²) in [6, 6.07) is 0. The van der Waals surface area contributed by atoms with Crippen molar-refractivity contribution in [3.63, 3.8) is 0 Å². The summed E-state index contributed by atoms with van der Waals surface area (Å²) >= 11 is 0.611. The Balaban J connectivity index is -0.00000000500. The molecule has 0 amide bonds. The molecule has 0 unspecified atom stereocenters. The van der Waals surface area contributed by atoms with Crippen molar-refractivity contribution in [1.82, 2.24) is 0 Å². The molecule has 0 fully saturated rings. The summed E-state index contributed by atoms with van der Waals surface area (Å²) < 4.78 is 8.28. The van der Waals surface area contributed by atoms with Gasteiger partial charge in [0.1, 0.15) is 0 Å². The third-order valence-corrected chi connectivity index (χ3v) is 0. The first kappa shape index (κ1) is 19.9. The van der Waals surface area contributed by atoms with Gasteiger partial charge in [-0.2, -0.15) is 0 Å². The van der Waals surface area contributed by atoms with Crippen LogP contribution in [0.1, 0.15) is 0 Å². The Morgan fingerprint density at radius 1 is 1.00 bits per heavy atom. The molecule has 0 aromatic heterocycles. The summed E-state index contributed by atoms with van der Waals surface area (Å²) in [5.74, 6) is 0. The average molecular weight is 279 g/mol. The molecule has 0 spiro atoms. The second-order valence-electron chi connectivity index (χ2n) is 0. The molecule has 0 atom stereocenters. The maximum atomic E-state index is 8.28. The van der Waals surface area contributed by atoms with Crippen LogP contribution in [0.4, 0.5) is 0 Å². The molecule has 4 heavy (non-hydrogen) atoms. The molecular formula is H2Cl2OOs. The van der Waals surface area contributed by atoms with Gasteiger partial charge in [-0.1, -0.05) is 0 Å². The van der Waals surface area contributed by atoms with Gasteiger partial charge in [-0.3, -0.25) is 0 Å². The van der Waals surface area contributed by atoms with E-state index in [-0.39, 0.29) is 24.8 Å². The van der Waals surface area contributed by atoms with E-state index in [1.807, 2.05) is 0 Å². The van der Waals surface area contributed by atoms with Gasteiger partial charge in [0, 0.05) is 0 Å². The fraction of sp³-hybridized carbons (Fsp3) is 0. The van der Waals surface area contributed by atoms with Crippen LogP contribution in [0, 0.1) is 0 Å². The van der Waals surface area contributed by atoms with E-state index in [1.54, 1.807) is 0 Å². The van der Waals surface area contributed by atoms with Crippen LogP contribution < -0.4 is 0 Å². The second-order valence-corrected chi connectivity index (χ2v) is 0. The number of hydrogen-bond donors (Lipinski definition) is 0. The van der Waals surface area contributed by atoms with Crippen molar-refractivity contribution >= 4 is 24.8 Å². The van der Waals surface area contributed by atoms with Crippen molar-refractivity contribution in [3.8, 4) is 0 Å². The van der Waals surface area contributed by atoms with E-state index in [4.69, 9.17) is 3.54 Å². The molecule has 0 aliphatic rings. The predicted molar refractivity (Wildman–Crippen MR) is 15.2 cm³/mol. The van der Waals surface area contributed by atoms with Crippen LogP contribution in [0.15, 0.2) is 0 Å². The van der Waals surface area contributed by atoms with Crippen LogP contribution in [0.3, 0.4) is 0 Å². The molecule has 4 heteroatoms. The van der Waals surface area contributed by atoms with Crippen LogP contribution >= 0.6 is 24.8 Å². The molecular weight excluding hydrogens is 277 g/mol. The molecule has 0 aromatic carbocycles. The zero-order valence-electron chi connectivity index (χ0n) is 1.58. The summed E-state index contributed by atoms with van der Waals surface area (Å²) in [5, 5.41) is 0. The molecule has 0 aromatic rings. The van der Waals surface area contributed by atoms with Gasteiger partial charge in [0.2, 0.25) is 0 Å². The molecule has 30 valence electrons. The quantitative estimate of drug-likeness (QED) is 0.638. The normalized spacial score (nSPS) is 1.25. The van der Waals surface area contributed by atoms with Gasteiger partial charge >= 0.3 is 22.1 Å². The summed E-state index contributed by atoms with van der Waals surface area (Å²) in [6.07, 6.45) is 0. The van der Waals surface area contributed by atoms with Crippen molar-refractivity contribution in [2.45, 2.75) is 0 Å². The Bertz CT molecular complexity index is 6.00. The van der Waals surface area contributed by atoms with Crippen LogP contribution in [0.25, 0.3) is 0 Å². The fourth-order valence-electron chi connectivity index (χ4n) is 0. The van der Waals surface area contributed by atoms with E-state index in [9.17, 15) is 0 Å². The zero-order valence-corrected chi connectivity index (χ0v) is 5.75. The Morgan fingerprint density at radius 2 is 1.00 bits per heavy atom. The summed E-state index contributed by atoms with van der Waals surface area (Å²) in [4.78, 5) is 0. The van der Waals surface area contributed by atoms with Crippen molar-refractivity contribution < 1.29 is 22.1 Å². The van der Waals surface area contributed by atoms with Crippen LogP contribution in [-0.2, 0) is 22.1 Å². The third-order valence-electron chi connectivity index (χ3n) is 0. The topological polar surface area (TPSA) is 17.1 Å². The summed E-state index contributed by atoms with van der Waals surface area (Å²) in [5.41, 5.74) is 0. The Kier molecular flexibility index (Phi) is 176. The van der Waals surface area contributed by atoms with Gasteiger partial charge in [-0.25, -0.2) is 0 Å². The molecule has 0 heterocycles. The van der Waals surface area contributed by atoms with Crippen LogP contribution in [0.5, 0.6) is 0 Å². The van der Waals surface area contributed by atoms with E-state index in [0.29, 0.717) is 18.6 Å². The maximum absolute atomic E-state index is 8.28. The molecule has 0 aliphatic carbocycles. The van der Waals surface area contributed by atoms with Crippen molar-refractivity contribution in [3.05, 3.63) is 0 Å². The third kappa shape index (κ3) is 11.9. The first-order valence-electron chi connectivity index (χ1n) is 0.144. The van der Waals surface area contributed by atoms with E-state index < -0.39 is 0 Å². The van der Waals surface area contributed by atoms with Gasteiger partial charge in [-0.05, 0) is 0 Å². The van der Waals surface area contributed by atoms with Crippen molar-refractivity contribution in [1.29, 1.82) is 0 Å². The summed E-state index contributed by atoms with van der Waals surface area (Å²) in [6.45, 7) is 0. The summed E-state index contributed by atoms with van der Waals surface area (Å²) in [7, 11) is 0. The molecule has 0 aliphatic heterocycles. The molecule has 0 N–H and O–H groups in total. The Labute approximate surface area is 47.2 Å². The number of rotatable bonds is 0. The zero-order chi connectivity index (χ0) is 2.00. The second kappa shape index (κ2) is 35.4. The van der Waals surface area contributed by atoms with E-state index >= 15 is 0 Å². The van der Waals surface area contributed by atoms with Gasteiger partial charge in [0.05, 0.1) is 0 Å². The van der Waals surface area contributed by atoms with E-state index in [1.165, 1.54) is 0 Å². The molecule has 0 rings (SSSR count). The van der Waals surface area contributed by atoms with Gasteiger partial charge in [0.25, 0.3) is 0 Å². The molecule has 0 saturated carbocycles. The minimum atomic E-state index is 0. The Hall–Kier alpha value is 1.02. The first-order valence-corrected chi connectivity index (χ1v) is 1.18. The van der Waals surface area contributed by atoms with Gasteiger partial charge in [0.15, 0.2) is 0 Å². The molecule has 1 nitrogen and oxygen atoms in total. The fourth-order valence-corrected chi connectivity index (χ4v) is 0. The molecule has 0 saturated heterocycles. The van der Waals surface area contributed by atoms with Gasteiger partial charge < -0.3 is 0 Å². The molecule has 0 radical (unpaired) electrons. The van der Waals surface area contributed by atoms with E-state index in [2.05, 4.69) is 0 Å². The van der Waals surface area contributed by atoms with Crippen LogP contribution in [0.2, 0.25) is 0 Å². The number of halogens is 2. The van der Waals surface area contributed by atoms with Gasteiger partial charge in [-0.15, -0.1) is 24.8 Å². The molecule has 0 bridgehead atoms. The minimum absolute atomic E-state index is 0. The number of hydrogen-bond acceptors (Lipinski definition) is 1. The first-order chi connectivity index (χ1) is 1.00. The van der Waals surface area contributed by atoms with Crippen molar-refractivity contribution in [2.24, 2.45) is 0 Å². The predicted octanol–water partition coefficient (Wildman–Crippen LogP) is 0.722. The average Bonchev–Trinajstić information content (AvgIpc) is 1.00.